The summed E-state index contributed by atoms with van der Waals surface area (Å²) < 4.78 is 0.868. The Labute approximate surface area is 97.4 Å². The molecule has 0 radical (unpaired) electrons. The van der Waals surface area contributed by atoms with Gasteiger partial charge in [-0.25, -0.2) is 4.98 Å². The van der Waals surface area contributed by atoms with Crippen LogP contribution in [0.1, 0.15) is 26.5 Å². The first-order chi connectivity index (χ1) is 6.35. The lowest BCUT2D eigenvalue weighted by molar-refractivity contribution is 0.115. The summed E-state index contributed by atoms with van der Waals surface area (Å²) in [5.74, 6) is 0. The molecule has 0 aliphatic rings. The number of aliphatic hydroxyl groups is 1. The quantitative estimate of drug-likeness (QED) is 0.843. The Morgan fingerprint density at radius 1 is 1.50 bits per heavy atom. The number of pyridine rings is 1. The molecule has 0 fully saturated rings. The monoisotopic (exact) mass is 277 g/mol. The first-order valence-corrected chi connectivity index (χ1v) is 5.53. The van der Waals surface area contributed by atoms with Gasteiger partial charge in [0.15, 0.2) is 0 Å². The summed E-state index contributed by atoms with van der Waals surface area (Å²) in [6.07, 6.45) is -0.482. The molecule has 4 heteroatoms. The van der Waals surface area contributed by atoms with E-state index >= 15 is 0 Å². The van der Waals surface area contributed by atoms with E-state index in [-0.39, 0.29) is 0 Å². The van der Waals surface area contributed by atoms with E-state index in [0.29, 0.717) is 5.15 Å². The molecule has 1 rings (SSSR count). The van der Waals surface area contributed by atoms with Crippen molar-refractivity contribution in [3.05, 3.63) is 27.5 Å². The molecule has 1 aromatic heterocycles. The average molecular weight is 279 g/mol. The van der Waals surface area contributed by atoms with Crippen molar-refractivity contribution in [2.75, 3.05) is 0 Å². The van der Waals surface area contributed by atoms with Crippen molar-refractivity contribution in [2.24, 2.45) is 0 Å². The van der Waals surface area contributed by atoms with Crippen LogP contribution in [-0.2, 0) is 5.41 Å². The van der Waals surface area contributed by atoms with Gasteiger partial charge in [-0.1, -0.05) is 25.4 Å². The molecule has 14 heavy (non-hydrogen) atoms. The molecule has 1 atom stereocenters. The van der Waals surface area contributed by atoms with E-state index in [2.05, 4.69) is 20.9 Å². The Morgan fingerprint density at radius 3 is 2.57 bits per heavy atom. The minimum absolute atomic E-state index is 0.413. The highest BCUT2D eigenvalue weighted by Crippen LogP contribution is 2.32. The van der Waals surface area contributed by atoms with E-state index in [1.807, 2.05) is 19.9 Å². The lowest BCUT2D eigenvalue weighted by Crippen LogP contribution is -2.32. The molecule has 0 aromatic carbocycles. The lowest BCUT2D eigenvalue weighted by atomic mass is 9.83. The number of hydrogen-bond acceptors (Lipinski definition) is 2. The Balaban J connectivity index is 3.24. The van der Waals surface area contributed by atoms with E-state index in [4.69, 9.17) is 11.6 Å². The van der Waals surface area contributed by atoms with E-state index in [1.54, 1.807) is 13.0 Å². The van der Waals surface area contributed by atoms with Crippen molar-refractivity contribution in [3.8, 4) is 0 Å². The highest BCUT2D eigenvalue weighted by molar-refractivity contribution is 9.10. The molecule has 78 valence electrons. The van der Waals surface area contributed by atoms with Crippen molar-refractivity contribution in [1.82, 2.24) is 4.98 Å². The Kier molecular flexibility index (Phi) is 3.56. The van der Waals surface area contributed by atoms with E-state index < -0.39 is 11.5 Å². The molecule has 1 N–H and O–H groups in total. The van der Waals surface area contributed by atoms with Crippen molar-refractivity contribution in [2.45, 2.75) is 32.3 Å². The minimum Gasteiger partial charge on any atom is -0.392 e. The van der Waals surface area contributed by atoms with Gasteiger partial charge in [0, 0.05) is 9.89 Å². The van der Waals surface area contributed by atoms with E-state index in [9.17, 15) is 5.11 Å². The maximum atomic E-state index is 9.64. The Morgan fingerprint density at radius 2 is 2.07 bits per heavy atom. The normalized spacial score (nSPS) is 14.1. The fourth-order valence-electron chi connectivity index (χ4n) is 1.07. The summed E-state index contributed by atoms with van der Waals surface area (Å²) in [7, 11) is 0. The van der Waals surface area contributed by atoms with Gasteiger partial charge in [-0.05, 0) is 35.0 Å². The van der Waals surface area contributed by atoms with Gasteiger partial charge in [-0.2, -0.15) is 0 Å². The van der Waals surface area contributed by atoms with Gasteiger partial charge in [0.2, 0.25) is 0 Å². The number of hydrogen-bond donors (Lipinski definition) is 1. The maximum absolute atomic E-state index is 9.64. The first-order valence-electron chi connectivity index (χ1n) is 4.36. The van der Waals surface area contributed by atoms with Gasteiger partial charge >= 0.3 is 0 Å². The molecule has 0 aliphatic heterocycles. The second-order valence-corrected chi connectivity index (χ2v) is 5.10. The zero-order chi connectivity index (χ0) is 10.9. The zero-order valence-electron chi connectivity index (χ0n) is 8.38. The average Bonchev–Trinajstić information content (AvgIpc) is 2.08. The van der Waals surface area contributed by atoms with Gasteiger partial charge in [0.05, 0.1) is 11.8 Å². The molecule has 0 amide bonds. The van der Waals surface area contributed by atoms with Crippen molar-refractivity contribution >= 4 is 27.5 Å². The summed E-state index contributed by atoms with van der Waals surface area (Å²) in [5, 5.41) is 10.1. The summed E-state index contributed by atoms with van der Waals surface area (Å²) in [6.45, 7) is 5.61. The van der Waals surface area contributed by atoms with Gasteiger partial charge in [0.1, 0.15) is 5.15 Å². The van der Waals surface area contributed by atoms with Crippen molar-refractivity contribution < 1.29 is 5.11 Å². The fourth-order valence-corrected chi connectivity index (χ4v) is 1.95. The highest BCUT2D eigenvalue weighted by Gasteiger charge is 2.30. The third-order valence-corrected chi connectivity index (χ3v) is 3.32. The Hall–Kier alpha value is -0.120. The zero-order valence-corrected chi connectivity index (χ0v) is 10.7. The van der Waals surface area contributed by atoms with Crippen molar-refractivity contribution in [3.63, 3.8) is 0 Å². The number of nitrogens with zero attached hydrogens (tertiary/aromatic N) is 1. The van der Waals surface area contributed by atoms with Crippen LogP contribution in [0.25, 0.3) is 0 Å². The fraction of sp³-hybridized carbons (Fsp3) is 0.500. The van der Waals surface area contributed by atoms with Crippen LogP contribution in [0.4, 0.5) is 0 Å². The maximum Gasteiger partial charge on any atom is 0.129 e. The summed E-state index contributed by atoms with van der Waals surface area (Å²) in [4.78, 5) is 4.22. The summed E-state index contributed by atoms with van der Waals surface area (Å²) in [5.41, 5.74) is 0.365. The number of aliphatic hydroxyl groups excluding tert-OH is 1. The van der Waals surface area contributed by atoms with Crippen LogP contribution < -0.4 is 0 Å². The van der Waals surface area contributed by atoms with E-state index in [1.165, 1.54) is 0 Å². The number of aromatic nitrogens is 1. The first kappa shape index (κ1) is 12.0. The molecule has 0 saturated carbocycles. The predicted molar refractivity (Wildman–Crippen MR) is 61.7 cm³/mol. The largest absolute Gasteiger partial charge is 0.392 e. The van der Waals surface area contributed by atoms with Crippen LogP contribution in [0.5, 0.6) is 0 Å². The van der Waals surface area contributed by atoms with Crippen LogP contribution >= 0.6 is 27.5 Å². The van der Waals surface area contributed by atoms with Crippen LogP contribution in [0.2, 0.25) is 5.15 Å². The smallest absolute Gasteiger partial charge is 0.129 e. The SMILES string of the molecule is CC(O)C(C)(C)c1nc(Cl)ccc1Br. The molecule has 2 nitrogen and oxygen atoms in total. The topological polar surface area (TPSA) is 33.1 Å². The third-order valence-electron chi connectivity index (χ3n) is 2.47. The highest BCUT2D eigenvalue weighted by atomic mass is 79.9. The molecular weight excluding hydrogens is 265 g/mol. The third kappa shape index (κ3) is 2.27. The number of halogens is 2. The van der Waals surface area contributed by atoms with Crippen LogP contribution in [0.3, 0.4) is 0 Å². The van der Waals surface area contributed by atoms with Gasteiger partial charge in [-0.15, -0.1) is 0 Å². The minimum atomic E-state index is -0.482. The van der Waals surface area contributed by atoms with Crippen LogP contribution in [0.15, 0.2) is 16.6 Å². The second kappa shape index (κ2) is 4.17. The van der Waals surface area contributed by atoms with Gasteiger partial charge < -0.3 is 5.11 Å². The molecule has 1 heterocycles. The van der Waals surface area contributed by atoms with Crippen LogP contribution in [0, 0.1) is 0 Å². The molecule has 0 bridgehead atoms. The molecule has 1 unspecified atom stereocenters. The van der Waals surface area contributed by atoms with Crippen LogP contribution in [-0.4, -0.2) is 16.2 Å². The summed E-state index contributed by atoms with van der Waals surface area (Å²) >= 11 is 9.22. The molecule has 0 saturated heterocycles. The molecule has 0 aliphatic carbocycles. The van der Waals surface area contributed by atoms with E-state index in [0.717, 1.165) is 10.2 Å². The van der Waals surface area contributed by atoms with Crippen molar-refractivity contribution in [1.29, 1.82) is 0 Å². The summed E-state index contributed by atoms with van der Waals surface area (Å²) in [6, 6.07) is 3.56. The number of rotatable bonds is 2. The van der Waals surface area contributed by atoms with Gasteiger partial charge in [0.25, 0.3) is 0 Å². The predicted octanol–water partition coefficient (Wildman–Crippen LogP) is 3.16. The molecular formula is C10H13BrClNO. The Bertz CT molecular complexity index is 339. The lowest BCUT2D eigenvalue weighted by Gasteiger charge is -2.28. The molecule has 0 spiro atoms. The second-order valence-electron chi connectivity index (χ2n) is 3.86. The molecule has 1 aromatic rings. The van der Waals surface area contributed by atoms with Gasteiger partial charge in [-0.3, -0.25) is 0 Å². The standard InChI is InChI=1S/C10H13BrClNO/c1-6(14)10(2,3)9-7(11)4-5-8(12)13-9/h4-6,14H,1-3H3.